The number of nitrogens with one attached hydrogen (secondary N) is 2. The van der Waals surface area contributed by atoms with Gasteiger partial charge < -0.3 is 24.4 Å². The number of quaternary nitrogens is 1. The molecule has 2 N–H and O–H groups in total. The summed E-state index contributed by atoms with van der Waals surface area (Å²) in [5.74, 6) is 2.30. The van der Waals surface area contributed by atoms with E-state index in [4.69, 9.17) is 14.2 Å². The number of ether oxygens (including phenoxy) is 3. The first-order chi connectivity index (χ1) is 14.0. The highest BCUT2D eigenvalue weighted by molar-refractivity contribution is 5.73. The second-order valence-electron chi connectivity index (χ2n) is 7.56. The maximum atomic E-state index is 11.8. The summed E-state index contributed by atoms with van der Waals surface area (Å²) in [7, 11) is 4.99. The second kappa shape index (κ2) is 9.18. The zero-order valence-corrected chi connectivity index (χ0v) is 17.9. The number of rotatable bonds is 7. The molecule has 0 aliphatic carbocycles. The lowest BCUT2D eigenvalue weighted by Crippen LogP contribution is -3.13. The maximum Gasteiger partial charge on any atom is 0.217 e. The number of carbonyl (C=O) groups excluding carboxylic acids is 1. The molecule has 2 aromatic rings. The van der Waals surface area contributed by atoms with Gasteiger partial charge >= 0.3 is 0 Å². The van der Waals surface area contributed by atoms with E-state index in [1.54, 1.807) is 28.3 Å². The third-order valence-corrected chi connectivity index (χ3v) is 5.66. The van der Waals surface area contributed by atoms with Crippen LogP contribution < -0.4 is 24.4 Å². The van der Waals surface area contributed by atoms with Crippen LogP contribution in [0.1, 0.15) is 36.6 Å². The van der Waals surface area contributed by atoms with Crippen LogP contribution >= 0.6 is 0 Å². The summed E-state index contributed by atoms with van der Waals surface area (Å²) < 4.78 is 16.3. The van der Waals surface area contributed by atoms with E-state index in [1.807, 2.05) is 12.1 Å². The Balaban J connectivity index is 1.96. The fourth-order valence-corrected chi connectivity index (χ4v) is 4.34. The van der Waals surface area contributed by atoms with Crippen molar-refractivity contribution >= 4 is 5.91 Å². The van der Waals surface area contributed by atoms with Crippen molar-refractivity contribution in [3.63, 3.8) is 0 Å². The molecule has 1 unspecified atom stereocenters. The average molecular weight is 400 g/mol. The second-order valence-corrected chi connectivity index (χ2v) is 7.56. The minimum absolute atomic E-state index is 0.0158. The number of carbonyl (C=O) groups is 1. The minimum atomic E-state index is -0.0195. The molecule has 1 amide bonds. The standard InChI is InChI=1S/C23H30N2O4/c1-15(24-16(2)26)23-20-13-22(29-5)21(28-4)12-18(20)10-11-25(23)14-17-6-8-19(27-3)9-7-17/h6-9,12-13,15,23H,10-11,14H2,1-5H3,(H,24,26)/p+1/t15-,23-/m0/s1. The molecule has 1 aliphatic heterocycles. The molecule has 0 aromatic heterocycles. The molecular weight excluding hydrogens is 368 g/mol. The van der Waals surface area contributed by atoms with Crippen LogP contribution in [0.2, 0.25) is 0 Å². The van der Waals surface area contributed by atoms with Crippen LogP contribution in [-0.4, -0.2) is 39.8 Å². The molecule has 2 aromatic carbocycles. The van der Waals surface area contributed by atoms with Crippen LogP contribution in [-0.2, 0) is 17.8 Å². The average Bonchev–Trinajstić information content (AvgIpc) is 2.72. The van der Waals surface area contributed by atoms with Crippen molar-refractivity contribution in [2.45, 2.75) is 38.9 Å². The van der Waals surface area contributed by atoms with E-state index >= 15 is 0 Å². The molecule has 0 saturated heterocycles. The zero-order valence-electron chi connectivity index (χ0n) is 17.9. The zero-order chi connectivity index (χ0) is 21.0. The molecule has 0 saturated carbocycles. The van der Waals surface area contributed by atoms with Gasteiger partial charge in [-0.3, -0.25) is 4.79 Å². The van der Waals surface area contributed by atoms with Crippen LogP contribution in [0.25, 0.3) is 0 Å². The number of fused-ring (bicyclic) bond motifs is 1. The van der Waals surface area contributed by atoms with Crippen LogP contribution in [0.15, 0.2) is 36.4 Å². The fraction of sp³-hybridized carbons (Fsp3) is 0.435. The third kappa shape index (κ3) is 4.65. The van der Waals surface area contributed by atoms with Gasteiger partial charge in [-0.05, 0) is 48.9 Å². The summed E-state index contributed by atoms with van der Waals surface area (Å²) in [6.07, 6.45) is 0.949. The first-order valence-electron chi connectivity index (χ1n) is 9.96. The Morgan fingerprint density at radius 3 is 2.34 bits per heavy atom. The van der Waals surface area contributed by atoms with Gasteiger partial charge in [0.25, 0.3) is 0 Å². The van der Waals surface area contributed by atoms with E-state index in [0.29, 0.717) is 0 Å². The van der Waals surface area contributed by atoms with E-state index in [1.165, 1.54) is 21.6 Å². The predicted molar refractivity (Wildman–Crippen MR) is 112 cm³/mol. The minimum Gasteiger partial charge on any atom is -0.497 e. The summed E-state index contributed by atoms with van der Waals surface area (Å²) >= 11 is 0. The van der Waals surface area contributed by atoms with Gasteiger partial charge in [0.05, 0.1) is 33.9 Å². The lowest BCUT2D eigenvalue weighted by atomic mass is 9.87. The largest absolute Gasteiger partial charge is 0.497 e. The number of methoxy groups -OCH3 is 3. The van der Waals surface area contributed by atoms with Crippen molar-refractivity contribution < 1.29 is 23.9 Å². The van der Waals surface area contributed by atoms with Gasteiger partial charge in [-0.1, -0.05) is 0 Å². The molecule has 0 radical (unpaired) electrons. The molecular formula is C23H31N2O4+. The van der Waals surface area contributed by atoms with Crippen molar-refractivity contribution in [3.05, 3.63) is 53.1 Å². The maximum absolute atomic E-state index is 11.8. The molecule has 1 heterocycles. The SMILES string of the molecule is COc1ccc(C[NH+]2CCc3cc(OC)c(OC)cc3[C@@H]2[C@H](C)NC(C)=O)cc1. The van der Waals surface area contributed by atoms with E-state index in [0.717, 1.165) is 36.8 Å². The Morgan fingerprint density at radius 2 is 1.76 bits per heavy atom. The van der Waals surface area contributed by atoms with Crippen LogP contribution in [0.4, 0.5) is 0 Å². The molecule has 6 nitrogen and oxygen atoms in total. The summed E-state index contributed by atoms with van der Waals surface area (Å²) in [4.78, 5) is 13.2. The lowest BCUT2D eigenvalue weighted by Gasteiger charge is -2.38. The van der Waals surface area contributed by atoms with E-state index in [2.05, 4.69) is 36.5 Å². The number of benzene rings is 2. The van der Waals surface area contributed by atoms with E-state index in [9.17, 15) is 4.79 Å². The fourth-order valence-electron chi connectivity index (χ4n) is 4.34. The Kier molecular flexibility index (Phi) is 6.64. The predicted octanol–water partition coefficient (Wildman–Crippen LogP) is 1.92. The van der Waals surface area contributed by atoms with Gasteiger partial charge in [-0.15, -0.1) is 0 Å². The highest BCUT2D eigenvalue weighted by Gasteiger charge is 2.36. The molecule has 3 rings (SSSR count). The Labute approximate surface area is 172 Å². The molecule has 3 atom stereocenters. The highest BCUT2D eigenvalue weighted by atomic mass is 16.5. The first-order valence-corrected chi connectivity index (χ1v) is 9.96. The molecule has 29 heavy (non-hydrogen) atoms. The van der Waals surface area contributed by atoms with Gasteiger partial charge in [0.15, 0.2) is 11.5 Å². The van der Waals surface area contributed by atoms with Gasteiger partial charge in [0.2, 0.25) is 5.91 Å². The van der Waals surface area contributed by atoms with Crippen molar-refractivity contribution in [1.82, 2.24) is 5.32 Å². The van der Waals surface area contributed by atoms with Gasteiger partial charge in [-0.25, -0.2) is 0 Å². The number of hydrogen-bond acceptors (Lipinski definition) is 4. The summed E-state index contributed by atoms with van der Waals surface area (Å²) in [6, 6.07) is 12.4. The monoisotopic (exact) mass is 399 g/mol. The van der Waals surface area contributed by atoms with Crippen molar-refractivity contribution in [1.29, 1.82) is 0 Å². The molecule has 156 valence electrons. The summed E-state index contributed by atoms with van der Waals surface area (Å²) in [5, 5.41) is 3.10. The Bertz CT molecular complexity index is 851. The highest BCUT2D eigenvalue weighted by Crippen LogP contribution is 2.35. The van der Waals surface area contributed by atoms with Gasteiger partial charge in [-0.2, -0.15) is 0 Å². The van der Waals surface area contributed by atoms with Crippen LogP contribution in [0, 0.1) is 0 Å². The van der Waals surface area contributed by atoms with E-state index < -0.39 is 0 Å². The molecule has 0 bridgehead atoms. The quantitative estimate of drug-likeness (QED) is 0.747. The van der Waals surface area contributed by atoms with Crippen molar-refractivity contribution in [3.8, 4) is 17.2 Å². The molecule has 1 aliphatic rings. The van der Waals surface area contributed by atoms with Gasteiger partial charge in [0.1, 0.15) is 18.3 Å². The third-order valence-electron chi connectivity index (χ3n) is 5.66. The smallest absolute Gasteiger partial charge is 0.217 e. The number of amides is 1. The first kappa shape index (κ1) is 21.0. The van der Waals surface area contributed by atoms with Crippen LogP contribution in [0.3, 0.4) is 0 Å². The van der Waals surface area contributed by atoms with Crippen molar-refractivity contribution in [2.75, 3.05) is 27.9 Å². The van der Waals surface area contributed by atoms with Crippen molar-refractivity contribution in [2.24, 2.45) is 0 Å². The summed E-state index contributed by atoms with van der Waals surface area (Å²) in [5.41, 5.74) is 3.70. The normalized spacial score (nSPS) is 19.1. The summed E-state index contributed by atoms with van der Waals surface area (Å²) in [6.45, 7) is 5.49. The van der Waals surface area contributed by atoms with E-state index in [-0.39, 0.29) is 18.0 Å². The lowest BCUT2D eigenvalue weighted by molar-refractivity contribution is -0.948. The van der Waals surface area contributed by atoms with Crippen LogP contribution in [0.5, 0.6) is 17.2 Å². The molecule has 0 fully saturated rings. The topological polar surface area (TPSA) is 61.2 Å². The number of hydrogen-bond donors (Lipinski definition) is 2. The molecule has 6 heteroatoms. The molecule has 0 spiro atoms. The van der Waals surface area contributed by atoms with Gasteiger partial charge in [0, 0.05) is 24.5 Å². The Hall–Kier alpha value is -2.73. The Morgan fingerprint density at radius 1 is 1.10 bits per heavy atom.